The predicted octanol–water partition coefficient (Wildman–Crippen LogP) is 2.04. The molecule has 1 aromatic carbocycles. The summed E-state index contributed by atoms with van der Waals surface area (Å²) in [4.78, 5) is 13.1. The van der Waals surface area contributed by atoms with Crippen molar-refractivity contribution in [2.24, 2.45) is 0 Å². The highest BCUT2D eigenvalue weighted by molar-refractivity contribution is 5.92. The highest BCUT2D eigenvalue weighted by atomic mass is 16.5. The average Bonchev–Trinajstić information content (AvgIpc) is 2.78. The standard InChI is InChI=1S/C12H12N2O2/c1-14(2)12(15)10-8-11(16-13-10)9-6-4-3-5-7-9/h3-8H,1-2H3. The average molecular weight is 216 g/mol. The Labute approximate surface area is 93.5 Å². The van der Waals surface area contributed by atoms with Gasteiger partial charge in [0, 0.05) is 25.7 Å². The van der Waals surface area contributed by atoms with Gasteiger partial charge in [-0.05, 0) is 0 Å². The first-order valence-corrected chi connectivity index (χ1v) is 4.92. The molecule has 0 unspecified atom stereocenters. The van der Waals surface area contributed by atoms with Crippen molar-refractivity contribution < 1.29 is 9.32 Å². The number of amides is 1. The highest BCUT2D eigenvalue weighted by Crippen LogP contribution is 2.19. The minimum Gasteiger partial charge on any atom is -0.355 e. The minimum atomic E-state index is -0.161. The van der Waals surface area contributed by atoms with Crippen LogP contribution in [-0.4, -0.2) is 30.1 Å². The first-order valence-electron chi connectivity index (χ1n) is 4.92. The fraction of sp³-hybridized carbons (Fsp3) is 0.167. The zero-order valence-corrected chi connectivity index (χ0v) is 9.18. The monoisotopic (exact) mass is 216 g/mol. The summed E-state index contributed by atoms with van der Waals surface area (Å²) >= 11 is 0. The van der Waals surface area contributed by atoms with E-state index in [1.54, 1.807) is 20.2 Å². The van der Waals surface area contributed by atoms with Gasteiger partial charge in [-0.15, -0.1) is 0 Å². The van der Waals surface area contributed by atoms with E-state index in [0.717, 1.165) is 5.56 Å². The molecule has 1 amide bonds. The van der Waals surface area contributed by atoms with Gasteiger partial charge in [-0.3, -0.25) is 4.79 Å². The van der Waals surface area contributed by atoms with Gasteiger partial charge in [0.15, 0.2) is 11.5 Å². The Morgan fingerprint density at radius 3 is 2.56 bits per heavy atom. The number of rotatable bonds is 2. The number of hydrogen-bond acceptors (Lipinski definition) is 3. The largest absolute Gasteiger partial charge is 0.355 e. The van der Waals surface area contributed by atoms with Crippen LogP contribution in [0.15, 0.2) is 40.9 Å². The van der Waals surface area contributed by atoms with E-state index >= 15 is 0 Å². The van der Waals surface area contributed by atoms with Crippen molar-refractivity contribution in [3.8, 4) is 11.3 Å². The van der Waals surface area contributed by atoms with Crippen LogP contribution in [0.25, 0.3) is 11.3 Å². The molecule has 0 spiro atoms. The third-order valence-corrected chi connectivity index (χ3v) is 2.19. The summed E-state index contributed by atoms with van der Waals surface area (Å²) in [6.45, 7) is 0. The van der Waals surface area contributed by atoms with Crippen LogP contribution in [0.5, 0.6) is 0 Å². The van der Waals surface area contributed by atoms with Gasteiger partial charge in [0.1, 0.15) is 0 Å². The van der Waals surface area contributed by atoms with Crippen molar-refractivity contribution in [1.29, 1.82) is 0 Å². The number of carbonyl (C=O) groups is 1. The molecule has 0 radical (unpaired) electrons. The van der Waals surface area contributed by atoms with Gasteiger partial charge >= 0.3 is 0 Å². The van der Waals surface area contributed by atoms with E-state index in [2.05, 4.69) is 5.16 Å². The smallest absolute Gasteiger partial charge is 0.275 e. The summed E-state index contributed by atoms with van der Waals surface area (Å²) < 4.78 is 5.12. The molecule has 16 heavy (non-hydrogen) atoms. The quantitative estimate of drug-likeness (QED) is 0.771. The maximum Gasteiger partial charge on any atom is 0.275 e. The second kappa shape index (κ2) is 4.18. The Morgan fingerprint density at radius 1 is 1.25 bits per heavy atom. The van der Waals surface area contributed by atoms with E-state index in [4.69, 9.17) is 4.52 Å². The molecular formula is C12H12N2O2. The normalized spacial score (nSPS) is 10.1. The molecule has 1 heterocycles. The van der Waals surface area contributed by atoms with E-state index in [-0.39, 0.29) is 5.91 Å². The summed E-state index contributed by atoms with van der Waals surface area (Å²) in [5, 5.41) is 3.75. The van der Waals surface area contributed by atoms with Gasteiger partial charge in [-0.2, -0.15) is 0 Å². The number of carbonyl (C=O) groups excluding carboxylic acids is 1. The highest BCUT2D eigenvalue weighted by Gasteiger charge is 2.14. The van der Waals surface area contributed by atoms with E-state index in [9.17, 15) is 4.79 Å². The molecule has 0 aliphatic heterocycles. The maximum atomic E-state index is 11.6. The summed E-state index contributed by atoms with van der Waals surface area (Å²) in [5.41, 5.74) is 1.23. The Kier molecular flexibility index (Phi) is 2.72. The van der Waals surface area contributed by atoms with Crippen molar-refractivity contribution in [2.75, 3.05) is 14.1 Å². The fourth-order valence-corrected chi connectivity index (χ4v) is 1.34. The van der Waals surface area contributed by atoms with E-state index in [1.165, 1.54) is 4.90 Å². The van der Waals surface area contributed by atoms with Gasteiger partial charge in [0.05, 0.1) is 0 Å². The Bertz CT molecular complexity index is 489. The van der Waals surface area contributed by atoms with E-state index in [1.807, 2.05) is 30.3 Å². The SMILES string of the molecule is CN(C)C(=O)c1cc(-c2ccccc2)on1. The zero-order valence-electron chi connectivity index (χ0n) is 9.18. The Morgan fingerprint density at radius 2 is 1.94 bits per heavy atom. The topological polar surface area (TPSA) is 46.3 Å². The lowest BCUT2D eigenvalue weighted by molar-refractivity contribution is 0.0817. The molecule has 82 valence electrons. The molecule has 4 nitrogen and oxygen atoms in total. The lowest BCUT2D eigenvalue weighted by Gasteiger charge is -2.05. The molecule has 0 N–H and O–H groups in total. The van der Waals surface area contributed by atoms with Crippen LogP contribution in [0.3, 0.4) is 0 Å². The molecular weight excluding hydrogens is 204 g/mol. The minimum absolute atomic E-state index is 0.161. The number of hydrogen-bond donors (Lipinski definition) is 0. The van der Waals surface area contributed by atoms with Crippen molar-refractivity contribution in [2.45, 2.75) is 0 Å². The van der Waals surface area contributed by atoms with Crippen molar-refractivity contribution >= 4 is 5.91 Å². The number of nitrogens with zero attached hydrogens (tertiary/aromatic N) is 2. The van der Waals surface area contributed by atoms with Crippen molar-refractivity contribution in [3.63, 3.8) is 0 Å². The van der Waals surface area contributed by atoms with Crippen LogP contribution in [-0.2, 0) is 0 Å². The second-order valence-corrected chi connectivity index (χ2v) is 3.64. The first kappa shape index (κ1) is 10.4. The Balaban J connectivity index is 2.30. The molecule has 0 saturated carbocycles. The summed E-state index contributed by atoms with van der Waals surface area (Å²) in [6.07, 6.45) is 0. The van der Waals surface area contributed by atoms with Gasteiger partial charge < -0.3 is 9.42 Å². The van der Waals surface area contributed by atoms with E-state index < -0.39 is 0 Å². The number of benzene rings is 1. The lowest BCUT2D eigenvalue weighted by Crippen LogP contribution is -2.21. The van der Waals surface area contributed by atoms with Gasteiger partial charge in [-0.1, -0.05) is 35.5 Å². The summed E-state index contributed by atoms with van der Waals surface area (Å²) in [7, 11) is 3.36. The fourth-order valence-electron chi connectivity index (χ4n) is 1.34. The van der Waals surface area contributed by atoms with Gasteiger partial charge in [0.25, 0.3) is 5.91 Å². The van der Waals surface area contributed by atoms with Crippen molar-refractivity contribution in [1.82, 2.24) is 10.1 Å². The van der Waals surface area contributed by atoms with Crippen LogP contribution in [0.4, 0.5) is 0 Å². The summed E-state index contributed by atoms with van der Waals surface area (Å²) in [5.74, 6) is 0.441. The zero-order chi connectivity index (χ0) is 11.5. The maximum absolute atomic E-state index is 11.6. The van der Waals surface area contributed by atoms with Crippen LogP contribution >= 0.6 is 0 Å². The molecule has 0 bridgehead atoms. The molecule has 2 rings (SSSR count). The van der Waals surface area contributed by atoms with Crippen molar-refractivity contribution in [3.05, 3.63) is 42.1 Å². The molecule has 0 aliphatic rings. The van der Waals surface area contributed by atoms with Crippen LogP contribution in [0, 0.1) is 0 Å². The second-order valence-electron chi connectivity index (χ2n) is 3.64. The molecule has 0 atom stereocenters. The molecule has 2 aromatic rings. The van der Waals surface area contributed by atoms with Gasteiger partial charge in [0.2, 0.25) is 0 Å². The van der Waals surface area contributed by atoms with Gasteiger partial charge in [-0.25, -0.2) is 0 Å². The molecule has 0 saturated heterocycles. The van der Waals surface area contributed by atoms with Crippen LogP contribution < -0.4 is 0 Å². The third kappa shape index (κ3) is 1.95. The summed E-state index contributed by atoms with van der Waals surface area (Å²) in [6, 6.07) is 11.2. The molecule has 4 heteroatoms. The van der Waals surface area contributed by atoms with Crippen LogP contribution in [0.2, 0.25) is 0 Å². The molecule has 1 aromatic heterocycles. The third-order valence-electron chi connectivity index (χ3n) is 2.19. The molecule has 0 fully saturated rings. The number of aromatic nitrogens is 1. The predicted molar refractivity (Wildman–Crippen MR) is 60.0 cm³/mol. The lowest BCUT2D eigenvalue weighted by atomic mass is 10.1. The van der Waals surface area contributed by atoms with E-state index in [0.29, 0.717) is 11.5 Å². The Hall–Kier alpha value is -2.10. The van der Waals surface area contributed by atoms with Crippen LogP contribution in [0.1, 0.15) is 10.5 Å². The first-order chi connectivity index (χ1) is 7.68. The molecule has 0 aliphatic carbocycles.